The molecule has 0 bridgehead atoms. The predicted molar refractivity (Wildman–Crippen MR) is 86.6 cm³/mol. The lowest BCUT2D eigenvalue weighted by Gasteiger charge is -2.21. The first-order valence-electron chi connectivity index (χ1n) is 6.83. The van der Waals surface area contributed by atoms with Crippen LogP contribution in [-0.4, -0.2) is 24.5 Å². The highest BCUT2D eigenvalue weighted by atomic mass is 32.1. The minimum Gasteiger partial charge on any atom is -0.497 e. The highest BCUT2D eigenvalue weighted by Gasteiger charge is 2.23. The fraction of sp³-hybridized carbons (Fsp3) is 0.188. The number of hydrogen-bond acceptors (Lipinski definition) is 3. The van der Waals surface area contributed by atoms with E-state index in [-0.39, 0.29) is 0 Å². The van der Waals surface area contributed by atoms with Crippen molar-refractivity contribution in [3.63, 3.8) is 0 Å². The molecule has 4 rings (SSSR count). The summed E-state index contributed by atoms with van der Waals surface area (Å²) in [6, 6.07) is 8.23. The van der Waals surface area contributed by atoms with E-state index in [1.165, 1.54) is 16.0 Å². The van der Waals surface area contributed by atoms with E-state index in [9.17, 15) is 0 Å². The number of hydrogen-bond donors (Lipinski definition) is 0. The molecule has 3 aromatic rings. The van der Waals surface area contributed by atoms with Crippen LogP contribution in [0.5, 0.6) is 5.75 Å². The van der Waals surface area contributed by atoms with Gasteiger partial charge >= 0.3 is 0 Å². The van der Waals surface area contributed by atoms with E-state index in [2.05, 4.69) is 33.1 Å². The molecular formula is C16H13BN2OS. The van der Waals surface area contributed by atoms with E-state index in [0.29, 0.717) is 5.46 Å². The summed E-state index contributed by atoms with van der Waals surface area (Å²) in [6.45, 7) is 0.938. The molecule has 5 heteroatoms. The highest BCUT2D eigenvalue weighted by Crippen LogP contribution is 2.38. The van der Waals surface area contributed by atoms with Crippen LogP contribution in [-0.2, 0) is 13.0 Å². The van der Waals surface area contributed by atoms with E-state index in [1.54, 1.807) is 18.4 Å². The van der Waals surface area contributed by atoms with Gasteiger partial charge in [-0.3, -0.25) is 0 Å². The highest BCUT2D eigenvalue weighted by molar-refractivity contribution is 7.13. The van der Waals surface area contributed by atoms with Gasteiger partial charge in [0.2, 0.25) is 0 Å². The van der Waals surface area contributed by atoms with Crippen molar-refractivity contribution in [1.29, 1.82) is 0 Å². The van der Waals surface area contributed by atoms with Gasteiger partial charge < -0.3 is 9.30 Å². The molecule has 0 spiro atoms. The molecule has 3 nitrogen and oxygen atoms in total. The summed E-state index contributed by atoms with van der Waals surface area (Å²) in [4.78, 5) is 5.80. The van der Waals surface area contributed by atoms with Gasteiger partial charge in [-0.1, -0.05) is 17.6 Å². The number of methoxy groups -OCH3 is 1. The van der Waals surface area contributed by atoms with Crippen molar-refractivity contribution in [2.75, 3.05) is 7.11 Å². The van der Waals surface area contributed by atoms with Crippen LogP contribution >= 0.6 is 11.3 Å². The number of ether oxygens (including phenoxy) is 1. The zero-order chi connectivity index (χ0) is 14.4. The second-order valence-corrected chi connectivity index (χ2v) is 6.06. The summed E-state index contributed by atoms with van der Waals surface area (Å²) in [7, 11) is 7.75. The predicted octanol–water partition coefficient (Wildman–Crippen LogP) is 2.64. The molecule has 102 valence electrons. The lowest BCUT2D eigenvalue weighted by molar-refractivity contribution is 0.417. The zero-order valence-corrected chi connectivity index (χ0v) is 12.5. The first kappa shape index (κ1) is 12.7. The molecule has 1 aromatic carbocycles. The molecule has 1 aliphatic rings. The summed E-state index contributed by atoms with van der Waals surface area (Å²) in [5, 5.41) is 2.08. The second kappa shape index (κ2) is 4.77. The quantitative estimate of drug-likeness (QED) is 0.679. The summed E-state index contributed by atoms with van der Waals surface area (Å²) in [5.41, 5.74) is 5.30. The van der Waals surface area contributed by atoms with Gasteiger partial charge in [-0.25, -0.2) is 4.98 Å². The molecule has 0 saturated heterocycles. The minimum atomic E-state index is 0.669. The van der Waals surface area contributed by atoms with Crippen LogP contribution in [0.15, 0.2) is 36.0 Å². The minimum absolute atomic E-state index is 0.669. The van der Waals surface area contributed by atoms with Gasteiger partial charge in [-0.2, -0.15) is 0 Å². The lowest BCUT2D eigenvalue weighted by Crippen LogP contribution is -2.15. The molecule has 2 radical (unpaired) electrons. The van der Waals surface area contributed by atoms with Gasteiger partial charge in [-0.05, 0) is 29.5 Å². The van der Waals surface area contributed by atoms with Crippen molar-refractivity contribution in [3.05, 3.63) is 41.5 Å². The monoisotopic (exact) mass is 292 g/mol. The Morgan fingerprint density at radius 1 is 1.38 bits per heavy atom. The summed E-state index contributed by atoms with van der Waals surface area (Å²) < 4.78 is 7.55. The Hall–Kier alpha value is -2.01. The third-order valence-electron chi connectivity index (χ3n) is 3.93. The molecule has 0 aliphatic carbocycles. The first-order chi connectivity index (χ1) is 10.3. The number of nitrogens with zero attached hydrogens (tertiary/aromatic N) is 2. The van der Waals surface area contributed by atoms with E-state index in [1.807, 2.05) is 12.4 Å². The molecule has 2 aromatic heterocycles. The summed E-state index contributed by atoms with van der Waals surface area (Å²) in [6.07, 6.45) is 2.90. The fourth-order valence-electron chi connectivity index (χ4n) is 2.91. The van der Waals surface area contributed by atoms with Crippen LogP contribution in [0, 0.1) is 0 Å². The largest absolute Gasteiger partial charge is 0.497 e. The molecule has 0 N–H and O–H groups in total. The Morgan fingerprint density at radius 2 is 2.29 bits per heavy atom. The third-order valence-corrected chi connectivity index (χ3v) is 4.80. The van der Waals surface area contributed by atoms with Crippen molar-refractivity contribution in [2.24, 2.45) is 0 Å². The van der Waals surface area contributed by atoms with Gasteiger partial charge in [0.15, 0.2) is 0 Å². The molecule has 0 fully saturated rings. The second-order valence-electron chi connectivity index (χ2n) is 5.11. The number of aryl methyl sites for hydroxylation is 2. The fourth-order valence-corrected chi connectivity index (χ4v) is 3.63. The third kappa shape index (κ3) is 1.92. The van der Waals surface area contributed by atoms with E-state index >= 15 is 0 Å². The smallest absolute Gasteiger partial charge is 0.119 e. The number of benzene rings is 1. The first-order valence-corrected chi connectivity index (χ1v) is 7.71. The Balaban J connectivity index is 1.95. The normalized spacial score (nSPS) is 12.8. The Labute approximate surface area is 128 Å². The van der Waals surface area contributed by atoms with Crippen molar-refractivity contribution in [2.45, 2.75) is 13.0 Å². The van der Waals surface area contributed by atoms with Crippen LogP contribution in [0.2, 0.25) is 0 Å². The molecular weight excluding hydrogens is 279 g/mol. The number of thiophene rings is 1. The lowest BCUT2D eigenvalue weighted by atomic mass is 9.87. The summed E-state index contributed by atoms with van der Waals surface area (Å²) >= 11 is 1.71. The molecule has 1 aliphatic heterocycles. The van der Waals surface area contributed by atoms with Gasteiger partial charge in [0.05, 0.1) is 24.0 Å². The van der Waals surface area contributed by atoms with Crippen molar-refractivity contribution < 1.29 is 4.74 Å². The number of imidazole rings is 1. The maximum Gasteiger partial charge on any atom is 0.119 e. The van der Waals surface area contributed by atoms with Crippen LogP contribution < -0.4 is 10.2 Å². The van der Waals surface area contributed by atoms with Crippen molar-refractivity contribution in [1.82, 2.24) is 9.55 Å². The van der Waals surface area contributed by atoms with Crippen molar-refractivity contribution in [3.8, 4) is 27.6 Å². The molecule has 21 heavy (non-hydrogen) atoms. The maximum atomic E-state index is 6.10. The van der Waals surface area contributed by atoms with Gasteiger partial charge in [-0.15, -0.1) is 11.3 Å². The van der Waals surface area contributed by atoms with Crippen LogP contribution in [0.4, 0.5) is 0 Å². The van der Waals surface area contributed by atoms with E-state index < -0.39 is 0 Å². The topological polar surface area (TPSA) is 27.1 Å². The van der Waals surface area contributed by atoms with Gasteiger partial charge in [0, 0.05) is 12.1 Å². The van der Waals surface area contributed by atoms with E-state index in [0.717, 1.165) is 30.1 Å². The van der Waals surface area contributed by atoms with E-state index in [4.69, 9.17) is 12.6 Å². The average Bonchev–Trinajstić information content (AvgIpc) is 3.15. The maximum absolute atomic E-state index is 6.10. The molecule has 0 saturated carbocycles. The van der Waals surface area contributed by atoms with Gasteiger partial charge in [0.1, 0.15) is 19.3 Å². The van der Waals surface area contributed by atoms with Crippen LogP contribution in [0.1, 0.15) is 5.56 Å². The average molecular weight is 292 g/mol. The molecule has 0 atom stereocenters. The van der Waals surface area contributed by atoms with Crippen molar-refractivity contribution >= 4 is 24.6 Å². The molecule has 3 heterocycles. The molecule has 0 amide bonds. The SMILES string of the molecule is [B]c1cc2c(cc1OC)CCn1cnc(-c3cccs3)c1-2. The molecule has 0 unspecified atom stereocenters. The standard InChI is InChI=1S/C16H13BN2OS/c1-20-13-7-10-4-5-19-9-18-15(14-3-2-6-21-14)16(19)11(10)8-12(13)17/h2-3,6-9H,4-5H2,1H3. The Bertz CT molecular complexity index is 808. The Morgan fingerprint density at radius 3 is 3.05 bits per heavy atom. The van der Waals surface area contributed by atoms with Crippen LogP contribution in [0.25, 0.3) is 21.8 Å². The number of aromatic nitrogens is 2. The summed E-state index contributed by atoms with van der Waals surface area (Å²) in [5.74, 6) is 0.749. The van der Waals surface area contributed by atoms with Crippen LogP contribution in [0.3, 0.4) is 0 Å². The Kier molecular flexibility index (Phi) is 2.89. The number of rotatable bonds is 2. The number of fused-ring (bicyclic) bond motifs is 3. The van der Waals surface area contributed by atoms with Gasteiger partial charge in [0.25, 0.3) is 0 Å². The zero-order valence-electron chi connectivity index (χ0n) is 11.7.